The average Bonchev–Trinajstić information content (AvgIpc) is 2.24. The number of carbonyl (C=O) groups excluding carboxylic acids is 1. The van der Waals surface area contributed by atoms with Gasteiger partial charge in [-0.25, -0.2) is 4.39 Å². The van der Waals surface area contributed by atoms with Crippen molar-refractivity contribution in [2.75, 3.05) is 6.54 Å². The van der Waals surface area contributed by atoms with E-state index >= 15 is 0 Å². The highest BCUT2D eigenvalue weighted by Crippen LogP contribution is 2.22. The van der Waals surface area contributed by atoms with Gasteiger partial charge < -0.3 is 11.1 Å². The standard InChI is InChI=1S/C15H23FN2O/c1-14(2,11-6-5-7-12(16)8-11)10-18-13(19)9-15(3,4)17/h5-8H,9-10,17H2,1-4H3,(H,18,19). The van der Waals surface area contributed by atoms with Crippen LogP contribution in [0.2, 0.25) is 0 Å². The van der Waals surface area contributed by atoms with Gasteiger partial charge in [-0.2, -0.15) is 0 Å². The average molecular weight is 266 g/mol. The molecule has 0 aromatic heterocycles. The Hall–Kier alpha value is -1.42. The molecule has 3 N–H and O–H groups in total. The van der Waals surface area contributed by atoms with Crippen LogP contribution < -0.4 is 11.1 Å². The second-order valence-corrected chi connectivity index (χ2v) is 6.34. The van der Waals surface area contributed by atoms with Gasteiger partial charge in [-0.1, -0.05) is 26.0 Å². The highest BCUT2D eigenvalue weighted by atomic mass is 19.1. The van der Waals surface area contributed by atoms with Gasteiger partial charge in [0, 0.05) is 23.9 Å². The van der Waals surface area contributed by atoms with Gasteiger partial charge in [0.2, 0.25) is 5.91 Å². The summed E-state index contributed by atoms with van der Waals surface area (Å²) in [5.41, 5.74) is 5.81. The van der Waals surface area contributed by atoms with Crippen molar-refractivity contribution in [1.82, 2.24) is 5.32 Å². The minimum absolute atomic E-state index is 0.0861. The van der Waals surface area contributed by atoms with Crippen LogP contribution in [0.5, 0.6) is 0 Å². The Morgan fingerprint density at radius 2 is 1.95 bits per heavy atom. The molecule has 106 valence electrons. The number of halogens is 1. The van der Waals surface area contributed by atoms with Gasteiger partial charge >= 0.3 is 0 Å². The maximum absolute atomic E-state index is 13.2. The quantitative estimate of drug-likeness (QED) is 0.859. The topological polar surface area (TPSA) is 55.1 Å². The van der Waals surface area contributed by atoms with E-state index < -0.39 is 5.54 Å². The predicted molar refractivity (Wildman–Crippen MR) is 75.3 cm³/mol. The third kappa shape index (κ3) is 5.39. The van der Waals surface area contributed by atoms with E-state index in [2.05, 4.69) is 5.32 Å². The first-order valence-corrected chi connectivity index (χ1v) is 6.42. The van der Waals surface area contributed by atoms with Crippen LogP contribution in [-0.2, 0) is 10.2 Å². The lowest BCUT2D eigenvalue weighted by Gasteiger charge is -2.27. The highest BCUT2D eigenvalue weighted by Gasteiger charge is 2.23. The normalized spacial score (nSPS) is 12.3. The van der Waals surface area contributed by atoms with Gasteiger partial charge in [0.15, 0.2) is 0 Å². The second kappa shape index (κ2) is 5.70. The minimum atomic E-state index is -0.521. The summed E-state index contributed by atoms with van der Waals surface area (Å²) in [5, 5.41) is 2.86. The van der Waals surface area contributed by atoms with Crippen LogP contribution in [0.4, 0.5) is 4.39 Å². The van der Waals surface area contributed by atoms with Gasteiger partial charge in [0.1, 0.15) is 5.82 Å². The number of benzene rings is 1. The van der Waals surface area contributed by atoms with Crippen molar-refractivity contribution >= 4 is 5.91 Å². The smallest absolute Gasteiger partial charge is 0.221 e. The van der Waals surface area contributed by atoms with Crippen LogP contribution in [0.1, 0.15) is 39.7 Å². The monoisotopic (exact) mass is 266 g/mol. The molecular weight excluding hydrogens is 243 g/mol. The van der Waals surface area contributed by atoms with Gasteiger partial charge in [0.05, 0.1) is 0 Å². The van der Waals surface area contributed by atoms with E-state index in [1.54, 1.807) is 6.07 Å². The minimum Gasteiger partial charge on any atom is -0.355 e. The fraction of sp³-hybridized carbons (Fsp3) is 0.533. The summed E-state index contributed by atoms with van der Waals surface area (Å²) in [6, 6.07) is 6.45. The van der Waals surface area contributed by atoms with Gasteiger partial charge in [-0.15, -0.1) is 0 Å². The van der Waals surface area contributed by atoms with Crippen LogP contribution in [0.25, 0.3) is 0 Å². The Morgan fingerprint density at radius 1 is 1.32 bits per heavy atom. The molecule has 0 aliphatic heterocycles. The number of nitrogens with two attached hydrogens (primary N) is 1. The highest BCUT2D eigenvalue weighted by molar-refractivity contribution is 5.77. The maximum atomic E-state index is 13.2. The molecule has 1 rings (SSSR count). The third-order valence-corrected chi connectivity index (χ3v) is 2.95. The molecule has 0 atom stereocenters. The Balaban J connectivity index is 2.63. The van der Waals surface area contributed by atoms with E-state index in [0.29, 0.717) is 6.54 Å². The molecule has 0 saturated heterocycles. The van der Waals surface area contributed by atoms with Crippen molar-refractivity contribution in [3.05, 3.63) is 35.6 Å². The Bertz CT molecular complexity index is 450. The molecule has 0 aliphatic carbocycles. The first kappa shape index (κ1) is 15.6. The van der Waals surface area contributed by atoms with Crippen molar-refractivity contribution in [3.8, 4) is 0 Å². The summed E-state index contributed by atoms with van der Waals surface area (Å²) in [5.74, 6) is -0.350. The lowest BCUT2D eigenvalue weighted by Crippen LogP contribution is -2.42. The van der Waals surface area contributed by atoms with Crippen LogP contribution in [0.3, 0.4) is 0 Å². The molecule has 3 nitrogen and oxygen atoms in total. The fourth-order valence-electron chi connectivity index (χ4n) is 1.81. The molecule has 0 spiro atoms. The lowest BCUT2D eigenvalue weighted by molar-refractivity contribution is -0.122. The van der Waals surface area contributed by atoms with Crippen molar-refractivity contribution in [3.63, 3.8) is 0 Å². The molecule has 0 saturated carbocycles. The summed E-state index contributed by atoms with van der Waals surface area (Å²) in [7, 11) is 0. The molecule has 0 radical (unpaired) electrons. The van der Waals surface area contributed by atoms with Crippen molar-refractivity contribution in [1.29, 1.82) is 0 Å². The number of hydrogen-bond acceptors (Lipinski definition) is 2. The summed E-state index contributed by atoms with van der Waals surface area (Å²) < 4.78 is 13.2. The van der Waals surface area contributed by atoms with E-state index in [1.807, 2.05) is 33.8 Å². The second-order valence-electron chi connectivity index (χ2n) is 6.34. The zero-order valence-electron chi connectivity index (χ0n) is 12.1. The number of nitrogens with one attached hydrogen (secondary N) is 1. The summed E-state index contributed by atoms with van der Waals surface area (Å²) in [6.07, 6.45) is 0.270. The first-order valence-electron chi connectivity index (χ1n) is 6.42. The van der Waals surface area contributed by atoms with Crippen LogP contribution in [-0.4, -0.2) is 18.0 Å². The molecule has 0 unspecified atom stereocenters. The molecule has 1 aromatic rings. The molecular formula is C15H23FN2O. The van der Waals surface area contributed by atoms with E-state index in [0.717, 1.165) is 5.56 Å². The van der Waals surface area contributed by atoms with E-state index in [4.69, 9.17) is 5.73 Å². The largest absolute Gasteiger partial charge is 0.355 e. The van der Waals surface area contributed by atoms with Crippen LogP contribution >= 0.6 is 0 Å². The first-order chi connectivity index (χ1) is 8.60. The van der Waals surface area contributed by atoms with Gasteiger partial charge in [-0.05, 0) is 31.5 Å². The zero-order chi connectivity index (χ0) is 14.7. The fourth-order valence-corrected chi connectivity index (χ4v) is 1.81. The number of amides is 1. The van der Waals surface area contributed by atoms with Gasteiger partial charge in [-0.3, -0.25) is 4.79 Å². The van der Waals surface area contributed by atoms with Crippen LogP contribution in [0.15, 0.2) is 24.3 Å². The van der Waals surface area contributed by atoms with Crippen molar-refractivity contribution in [2.45, 2.75) is 45.1 Å². The molecule has 1 aromatic carbocycles. The lowest BCUT2D eigenvalue weighted by atomic mass is 9.84. The number of carbonyl (C=O) groups is 1. The SMILES string of the molecule is CC(C)(N)CC(=O)NCC(C)(C)c1cccc(F)c1. The van der Waals surface area contributed by atoms with Crippen LogP contribution in [0, 0.1) is 5.82 Å². The Kier molecular flexibility index (Phi) is 4.69. The summed E-state index contributed by atoms with van der Waals surface area (Å²) in [6.45, 7) is 8.01. The molecule has 4 heteroatoms. The van der Waals surface area contributed by atoms with E-state index in [1.165, 1.54) is 12.1 Å². The molecule has 0 aliphatic rings. The van der Waals surface area contributed by atoms with Gasteiger partial charge in [0.25, 0.3) is 0 Å². The van der Waals surface area contributed by atoms with E-state index in [-0.39, 0.29) is 23.6 Å². The number of rotatable bonds is 5. The summed E-state index contributed by atoms with van der Waals surface area (Å²) in [4.78, 5) is 11.7. The maximum Gasteiger partial charge on any atom is 0.221 e. The number of hydrogen-bond donors (Lipinski definition) is 2. The Morgan fingerprint density at radius 3 is 2.47 bits per heavy atom. The van der Waals surface area contributed by atoms with E-state index in [9.17, 15) is 9.18 Å². The zero-order valence-corrected chi connectivity index (χ0v) is 12.1. The molecule has 0 heterocycles. The van der Waals surface area contributed by atoms with Crippen molar-refractivity contribution < 1.29 is 9.18 Å². The molecule has 1 amide bonds. The molecule has 19 heavy (non-hydrogen) atoms. The van der Waals surface area contributed by atoms with Crippen molar-refractivity contribution in [2.24, 2.45) is 5.73 Å². The Labute approximate surface area is 114 Å². The third-order valence-electron chi connectivity index (χ3n) is 2.95. The predicted octanol–water partition coefficient (Wildman–Crippen LogP) is 2.35. The molecule has 0 bridgehead atoms. The molecule has 0 fully saturated rings. The summed E-state index contributed by atoms with van der Waals surface area (Å²) >= 11 is 0.